The molecule has 0 N–H and O–H groups in total. The Labute approximate surface area is 236 Å². The van der Waals surface area contributed by atoms with Crippen LogP contribution in [0.1, 0.15) is 37.6 Å². The van der Waals surface area contributed by atoms with Gasteiger partial charge >= 0.3 is 0 Å². The molecular formula is C33H37N5O2. The summed E-state index contributed by atoms with van der Waals surface area (Å²) in [5, 5.41) is 3.66. The molecule has 1 fully saturated rings. The van der Waals surface area contributed by atoms with Crippen LogP contribution >= 0.6 is 0 Å². The lowest BCUT2D eigenvalue weighted by Gasteiger charge is -2.26. The van der Waals surface area contributed by atoms with Crippen LogP contribution in [0.5, 0.6) is 0 Å². The topological polar surface area (TPSA) is 53.7 Å². The van der Waals surface area contributed by atoms with Crippen molar-refractivity contribution >= 4 is 22.9 Å². The first-order chi connectivity index (χ1) is 19.3. The van der Waals surface area contributed by atoms with E-state index in [2.05, 4.69) is 30.9 Å². The van der Waals surface area contributed by atoms with E-state index in [9.17, 15) is 9.59 Å². The third-order valence-corrected chi connectivity index (χ3v) is 8.08. The van der Waals surface area contributed by atoms with E-state index in [0.29, 0.717) is 16.7 Å². The summed E-state index contributed by atoms with van der Waals surface area (Å²) in [6, 6.07) is 27.3. The van der Waals surface area contributed by atoms with E-state index in [1.165, 1.54) is 0 Å². The first-order valence-electron chi connectivity index (χ1n) is 13.9. The fraction of sp³-hybridized carbons (Fsp3) is 0.273. The maximum atomic E-state index is 14.3. The minimum absolute atomic E-state index is 0.127. The van der Waals surface area contributed by atoms with Crippen molar-refractivity contribution in [3.63, 3.8) is 0 Å². The summed E-state index contributed by atoms with van der Waals surface area (Å²) in [7, 11) is 3.81. The van der Waals surface area contributed by atoms with Crippen molar-refractivity contribution in [3.8, 4) is 5.69 Å². The van der Waals surface area contributed by atoms with E-state index in [4.69, 9.17) is 0 Å². The number of aromatic nitrogens is 2. The van der Waals surface area contributed by atoms with Crippen LogP contribution < -0.4 is 15.5 Å². The molecule has 2 heterocycles. The summed E-state index contributed by atoms with van der Waals surface area (Å²) in [5.41, 5.74) is 6.00. The zero-order valence-electron chi connectivity index (χ0n) is 24.1. The zero-order chi connectivity index (χ0) is 28.6. The van der Waals surface area contributed by atoms with Gasteiger partial charge in [-0.25, -0.2) is 14.7 Å². The molecule has 7 heteroatoms. The smallest absolute Gasteiger partial charge is 0.279 e. The molecule has 0 aliphatic carbocycles. The molecule has 40 heavy (non-hydrogen) atoms. The highest BCUT2D eigenvalue weighted by Crippen LogP contribution is 2.38. The lowest BCUT2D eigenvalue weighted by Crippen LogP contribution is -2.38. The molecule has 0 spiro atoms. The van der Waals surface area contributed by atoms with Gasteiger partial charge in [-0.2, -0.15) is 0 Å². The van der Waals surface area contributed by atoms with Crippen molar-refractivity contribution in [1.29, 1.82) is 0 Å². The van der Waals surface area contributed by atoms with Gasteiger partial charge in [0.2, 0.25) is 0 Å². The quantitative estimate of drug-likeness (QED) is 0.297. The van der Waals surface area contributed by atoms with Crippen molar-refractivity contribution < 1.29 is 4.79 Å². The van der Waals surface area contributed by atoms with Crippen molar-refractivity contribution in [2.45, 2.75) is 33.7 Å². The van der Waals surface area contributed by atoms with Crippen LogP contribution in [0, 0.1) is 6.92 Å². The number of rotatable bonds is 7. The average molecular weight is 536 g/mol. The first kappa shape index (κ1) is 27.2. The van der Waals surface area contributed by atoms with Gasteiger partial charge in [-0.15, -0.1) is 0 Å². The van der Waals surface area contributed by atoms with Gasteiger partial charge in [0.05, 0.1) is 23.0 Å². The average Bonchev–Trinajstić information content (AvgIpc) is 3.33. The molecule has 1 amide bonds. The lowest BCUT2D eigenvalue weighted by atomic mass is 9.90. The number of para-hydroxylation sites is 2. The lowest BCUT2D eigenvalue weighted by molar-refractivity contribution is -0.115. The van der Waals surface area contributed by atoms with Crippen molar-refractivity contribution in [3.05, 3.63) is 118 Å². The molecule has 0 bridgehead atoms. The Kier molecular flexibility index (Phi) is 7.50. The number of benzene rings is 3. The SMILES string of the molecule is CCN(CC)c1ccc(/C(=C2/C(=O)N(c3ccccc3)N(C)C2C)c2c(C)n(C)n(-c3ccccc3)c2=O)cc1. The van der Waals surface area contributed by atoms with Crippen LogP contribution in [0.4, 0.5) is 11.4 Å². The molecule has 0 saturated carbocycles. The van der Waals surface area contributed by atoms with Crippen LogP contribution in [-0.2, 0) is 11.8 Å². The summed E-state index contributed by atoms with van der Waals surface area (Å²) in [5.74, 6) is -0.127. The molecule has 7 nitrogen and oxygen atoms in total. The van der Waals surface area contributed by atoms with E-state index >= 15 is 0 Å². The largest absolute Gasteiger partial charge is 0.372 e. The minimum Gasteiger partial charge on any atom is -0.372 e. The summed E-state index contributed by atoms with van der Waals surface area (Å²) in [6.07, 6.45) is 0. The van der Waals surface area contributed by atoms with Crippen LogP contribution in [0.15, 0.2) is 95.3 Å². The maximum Gasteiger partial charge on any atom is 0.279 e. The summed E-state index contributed by atoms with van der Waals surface area (Å²) < 4.78 is 3.55. The van der Waals surface area contributed by atoms with E-state index in [1.807, 2.05) is 110 Å². The standard InChI is InChI=1S/C33H37N5O2/c1-7-36(8-2)26-21-19-25(20-22-26)31(29-23(3)34(5)37(32(29)39)27-15-11-9-12-16-27)30-24(4)35(6)38(33(30)40)28-17-13-10-14-18-28/h9-23H,7-8H2,1-6H3/b31-29-. The number of amides is 1. The third kappa shape index (κ3) is 4.46. The Hall–Kier alpha value is -4.36. The second kappa shape index (κ2) is 11.0. The van der Waals surface area contributed by atoms with E-state index in [-0.39, 0.29) is 17.5 Å². The molecular weight excluding hydrogens is 498 g/mol. The van der Waals surface area contributed by atoms with Gasteiger partial charge in [0.1, 0.15) is 0 Å². The van der Waals surface area contributed by atoms with Crippen LogP contribution in [0.25, 0.3) is 11.3 Å². The molecule has 5 rings (SSSR count). The van der Waals surface area contributed by atoms with Crippen LogP contribution in [0.3, 0.4) is 0 Å². The molecule has 1 aromatic heterocycles. The number of anilines is 2. The predicted molar refractivity (Wildman–Crippen MR) is 163 cm³/mol. The van der Waals surface area contributed by atoms with Gasteiger partial charge in [0.25, 0.3) is 11.5 Å². The van der Waals surface area contributed by atoms with Gasteiger partial charge < -0.3 is 4.90 Å². The Balaban J connectivity index is 1.78. The van der Waals surface area contributed by atoms with Gasteiger partial charge in [0, 0.05) is 49.7 Å². The number of nitrogens with zero attached hydrogens (tertiary/aromatic N) is 5. The number of hydrazine groups is 1. The zero-order valence-corrected chi connectivity index (χ0v) is 24.1. The summed E-state index contributed by atoms with van der Waals surface area (Å²) >= 11 is 0. The molecule has 1 atom stereocenters. The monoisotopic (exact) mass is 535 g/mol. The summed E-state index contributed by atoms with van der Waals surface area (Å²) in [6.45, 7) is 10.0. The fourth-order valence-corrected chi connectivity index (χ4v) is 5.70. The van der Waals surface area contributed by atoms with Gasteiger partial charge in [-0.1, -0.05) is 48.5 Å². The Morgan fingerprint density at radius 3 is 1.90 bits per heavy atom. The number of carbonyl (C=O) groups excluding carboxylic acids is 1. The Morgan fingerprint density at radius 1 is 0.800 bits per heavy atom. The van der Waals surface area contributed by atoms with Gasteiger partial charge in [0.15, 0.2) is 0 Å². The molecule has 1 aliphatic rings. The normalized spacial score (nSPS) is 17.0. The Morgan fingerprint density at radius 2 is 1.35 bits per heavy atom. The van der Waals surface area contributed by atoms with E-state index in [0.717, 1.165) is 41.4 Å². The molecule has 1 saturated heterocycles. The second-order valence-electron chi connectivity index (χ2n) is 10.1. The number of hydrogen-bond donors (Lipinski definition) is 0. The van der Waals surface area contributed by atoms with Crippen LogP contribution in [0.2, 0.25) is 0 Å². The highest BCUT2D eigenvalue weighted by molar-refractivity contribution is 6.15. The van der Waals surface area contributed by atoms with E-state index < -0.39 is 0 Å². The first-order valence-corrected chi connectivity index (χ1v) is 13.9. The van der Waals surface area contributed by atoms with Crippen molar-refractivity contribution in [2.24, 2.45) is 7.05 Å². The van der Waals surface area contributed by atoms with Crippen molar-refractivity contribution in [2.75, 3.05) is 30.0 Å². The number of likely N-dealkylation sites (N-methyl/N-ethyl adjacent to an activating group) is 1. The highest BCUT2D eigenvalue weighted by Gasteiger charge is 2.42. The number of hydrogen-bond acceptors (Lipinski definition) is 4. The minimum atomic E-state index is -0.255. The van der Waals surface area contributed by atoms with Crippen molar-refractivity contribution in [1.82, 2.24) is 14.4 Å². The molecule has 0 radical (unpaired) electrons. The van der Waals surface area contributed by atoms with E-state index in [1.54, 1.807) is 9.69 Å². The third-order valence-electron chi connectivity index (χ3n) is 8.08. The highest BCUT2D eigenvalue weighted by atomic mass is 16.2. The number of carbonyl (C=O) groups is 1. The predicted octanol–water partition coefficient (Wildman–Crippen LogP) is 5.41. The van der Waals surface area contributed by atoms with Gasteiger partial charge in [-0.05, 0) is 69.7 Å². The Bertz CT molecular complexity index is 1600. The molecule has 1 unspecified atom stereocenters. The summed E-state index contributed by atoms with van der Waals surface area (Å²) in [4.78, 5) is 30.8. The molecule has 1 aliphatic heterocycles. The second-order valence-corrected chi connectivity index (χ2v) is 10.1. The fourth-order valence-electron chi connectivity index (χ4n) is 5.70. The van der Waals surface area contributed by atoms with Crippen LogP contribution in [-0.4, -0.2) is 46.5 Å². The maximum absolute atomic E-state index is 14.3. The molecule has 3 aromatic carbocycles. The van der Waals surface area contributed by atoms with Gasteiger partial charge in [-0.3, -0.25) is 14.3 Å². The molecule has 4 aromatic rings. The molecule has 206 valence electrons.